The van der Waals surface area contributed by atoms with Gasteiger partial charge in [-0.25, -0.2) is 0 Å². The molecule has 0 aromatic rings. The number of hydrogen-bond acceptors (Lipinski definition) is 2. The highest BCUT2D eigenvalue weighted by Crippen LogP contribution is 2.36. The fourth-order valence-electron chi connectivity index (χ4n) is 3.05. The van der Waals surface area contributed by atoms with Gasteiger partial charge in [-0.2, -0.15) is 0 Å². The summed E-state index contributed by atoms with van der Waals surface area (Å²) in [6.07, 6.45) is 8.48. The lowest BCUT2D eigenvalue weighted by atomic mass is 9.86. The minimum Gasteiger partial charge on any atom is -0.329 e. The maximum atomic E-state index is 5.83. The van der Waals surface area contributed by atoms with Crippen molar-refractivity contribution in [2.24, 2.45) is 11.7 Å². The van der Waals surface area contributed by atoms with E-state index < -0.39 is 0 Å². The van der Waals surface area contributed by atoms with Crippen LogP contribution in [0.25, 0.3) is 0 Å². The molecule has 2 nitrogen and oxygen atoms in total. The van der Waals surface area contributed by atoms with Crippen LogP contribution in [-0.4, -0.2) is 29.6 Å². The van der Waals surface area contributed by atoms with Crippen molar-refractivity contribution >= 4 is 0 Å². The fraction of sp³-hybridized carbons (Fsp3) is 1.00. The molecule has 0 radical (unpaired) electrons. The molecular formula is C13H26N2. The molecule has 0 spiro atoms. The van der Waals surface area contributed by atoms with E-state index in [4.69, 9.17) is 5.73 Å². The molecule has 1 atom stereocenters. The molecule has 0 aromatic heterocycles. The zero-order chi connectivity index (χ0) is 10.8. The Labute approximate surface area is 94.2 Å². The lowest BCUT2D eigenvalue weighted by Crippen LogP contribution is -2.47. The second kappa shape index (κ2) is 4.84. The molecule has 2 fully saturated rings. The van der Waals surface area contributed by atoms with Gasteiger partial charge in [0.1, 0.15) is 0 Å². The van der Waals surface area contributed by atoms with E-state index >= 15 is 0 Å². The Hall–Kier alpha value is -0.0800. The minimum absolute atomic E-state index is 0.593. The molecule has 0 bridgehead atoms. The van der Waals surface area contributed by atoms with Crippen LogP contribution in [0.1, 0.15) is 52.4 Å². The van der Waals surface area contributed by atoms with Crippen LogP contribution in [0.2, 0.25) is 0 Å². The van der Waals surface area contributed by atoms with Crippen molar-refractivity contribution in [3.8, 4) is 0 Å². The number of hydrogen-bond donors (Lipinski definition) is 1. The molecule has 1 unspecified atom stereocenters. The van der Waals surface area contributed by atoms with Gasteiger partial charge in [0.05, 0.1) is 0 Å². The fourth-order valence-corrected chi connectivity index (χ4v) is 3.05. The maximum Gasteiger partial charge on any atom is 0.0195 e. The first kappa shape index (κ1) is 11.4. The summed E-state index contributed by atoms with van der Waals surface area (Å²) < 4.78 is 0. The molecule has 2 saturated carbocycles. The molecule has 0 aromatic carbocycles. The quantitative estimate of drug-likeness (QED) is 0.772. The van der Waals surface area contributed by atoms with E-state index in [2.05, 4.69) is 18.7 Å². The van der Waals surface area contributed by atoms with Crippen LogP contribution in [0.15, 0.2) is 0 Å². The summed E-state index contributed by atoms with van der Waals surface area (Å²) in [6, 6.07) is 2.31. The smallest absolute Gasteiger partial charge is 0.0195 e. The van der Waals surface area contributed by atoms with E-state index in [-0.39, 0.29) is 0 Å². The molecule has 0 aliphatic heterocycles. The van der Waals surface area contributed by atoms with Gasteiger partial charge in [-0.05, 0) is 51.4 Å². The lowest BCUT2D eigenvalue weighted by molar-refractivity contribution is 0.0951. The predicted octanol–water partition coefficient (Wildman–Crippen LogP) is 2.38. The van der Waals surface area contributed by atoms with Crippen molar-refractivity contribution < 1.29 is 0 Å². The van der Waals surface area contributed by atoms with Gasteiger partial charge in [0.25, 0.3) is 0 Å². The van der Waals surface area contributed by atoms with Crippen LogP contribution >= 0.6 is 0 Å². The van der Waals surface area contributed by atoms with E-state index in [1.165, 1.54) is 38.5 Å². The van der Waals surface area contributed by atoms with E-state index in [1.54, 1.807) is 0 Å². The van der Waals surface area contributed by atoms with Crippen LogP contribution < -0.4 is 5.73 Å². The normalized spacial score (nSPS) is 34.4. The van der Waals surface area contributed by atoms with Crippen molar-refractivity contribution in [1.29, 1.82) is 0 Å². The van der Waals surface area contributed by atoms with E-state index in [9.17, 15) is 0 Å². The summed E-state index contributed by atoms with van der Waals surface area (Å²) >= 11 is 0. The molecule has 88 valence electrons. The SMILES string of the molecule is CC1CCC(N(C(C)CN)C2CC2)CC1. The van der Waals surface area contributed by atoms with Gasteiger partial charge < -0.3 is 5.73 Å². The van der Waals surface area contributed by atoms with Gasteiger partial charge in [0.2, 0.25) is 0 Å². The summed E-state index contributed by atoms with van der Waals surface area (Å²) in [5.74, 6) is 0.954. The topological polar surface area (TPSA) is 29.3 Å². The summed E-state index contributed by atoms with van der Waals surface area (Å²) in [4.78, 5) is 2.74. The molecule has 2 heteroatoms. The van der Waals surface area contributed by atoms with Crippen LogP contribution in [-0.2, 0) is 0 Å². The largest absolute Gasteiger partial charge is 0.329 e. The van der Waals surface area contributed by atoms with Crippen molar-refractivity contribution in [3.63, 3.8) is 0 Å². The average Bonchev–Trinajstić information content (AvgIpc) is 3.05. The first-order valence-electron chi connectivity index (χ1n) is 6.70. The minimum atomic E-state index is 0.593. The first-order chi connectivity index (χ1) is 7.22. The van der Waals surface area contributed by atoms with Gasteiger partial charge >= 0.3 is 0 Å². The average molecular weight is 210 g/mol. The molecule has 2 aliphatic carbocycles. The van der Waals surface area contributed by atoms with Gasteiger partial charge in [-0.3, -0.25) is 4.90 Å². The van der Waals surface area contributed by atoms with Gasteiger partial charge in [0.15, 0.2) is 0 Å². The Morgan fingerprint density at radius 1 is 1.07 bits per heavy atom. The van der Waals surface area contributed by atoms with Crippen molar-refractivity contribution in [1.82, 2.24) is 4.90 Å². The Bertz CT molecular complexity index is 193. The van der Waals surface area contributed by atoms with Gasteiger partial charge in [-0.15, -0.1) is 0 Å². The standard InChI is InChI=1S/C13H26N2/c1-10-3-5-12(6-4-10)15(11(2)9-14)13-7-8-13/h10-13H,3-9,14H2,1-2H3. The summed E-state index contributed by atoms with van der Waals surface area (Å²) in [5, 5.41) is 0. The Kier molecular flexibility index (Phi) is 3.68. The molecule has 2 aliphatic rings. The number of nitrogens with zero attached hydrogens (tertiary/aromatic N) is 1. The van der Waals surface area contributed by atoms with Crippen LogP contribution in [0, 0.1) is 5.92 Å². The highest BCUT2D eigenvalue weighted by Gasteiger charge is 2.37. The van der Waals surface area contributed by atoms with Crippen LogP contribution in [0.5, 0.6) is 0 Å². The third-order valence-electron chi connectivity index (χ3n) is 4.23. The second-order valence-electron chi connectivity index (χ2n) is 5.68. The van der Waals surface area contributed by atoms with Crippen LogP contribution in [0.3, 0.4) is 0 Å². The predicted molar refractivity (Wildman–Crippen MR) is 64.8 cm³/mol. The van der Waals surface area contributed by atoms with Gasteiger partial charge in [-0.1, -0.05) is 6.92 Å². The lowest BCUT2D eigenvalue weighted by Gasteiger charge is -2.39. The molecule has 2 rings (SSSR count). The zero-order valence-electron chi connectivity index (χ0n) is 10.3. The van der Waals surface area contributed by atoms with Crippen molar-refractivity contribution in [2.75, 3.05) is 6.54 Å². The van der Waals surface area contributed by atoms with E-state index in [0.717, 1.165) is 24.5 Å². The molecule has 15 heavy (non-hydrogen) atoms. The molecular weight excluding hydrogens is 184 g/mol. The van der Waals surface area contributed by atoms with E-state index in [0.29, 0.717) is 6.04 Å². The summed E-state index contributed by atoms with van der Waals surface area (Å²) in [7, 11) is 0. The number of rotatable bonds is 4. The zero-order valence-corrected chi connectivity index (χ0v) is 10.3. The van der Waals surface area contributed by atoms with Crippen LogP contribution in [0.4, 0.5) is 0 Å². The summed E-state index contributed by atoms with van der Waals surface area (Å²) in [5.41, 5.74) is 5.83. The van der Waals surface area contributed by atoms with Crippen molar-refractivity contribution in [3.05, 3.63) is 0 Å². The first-order valence-corrected chi connectivity index (χ1v) is 6.70. The Morgan fingerprint density at radius 2 is 1.53 bits per heavy atom. The molecule has 0 saturated heterocycles. The maximum absolute atomic E-state index is 5.83. The molecule has 2 N–H and O–H groups in total. The van der Waals surface area contributed by atoms with Gasteiger partial charge in [0, 0.05) is 24.7 Å². The molecule has 0 heterocycles. The third kappa shape index (κ3) is 2.73. The third-order valence-corrected chi connectivity index (χ3v) is 4.23. The Morgan fingerprint density at radius 3 is 1.93 bits per heavy atom. The highest BCUT2D eigenvalue weighted by atomic mass is 15.2. The Balaban J connectivity index is 1.92. The highest BCUT2D eigenvalue weighted by molar-refractivity contribution is 4.93. The summed E-state index contributed by atoms with van der Waals surface area (Å²) in [6.45, 7) is 5.52. The van der Waals surface area contributed by atoms with E-state index in [1.807, 2.05) is 0 Å². The number of nitrogens with two attached hydrogens (primary N) is 1. The molecule has 0 amide bonds. The van der Waals surface area contributed by atoms with Crippen molar-refractivity contribution in [2.45, 2.75) is 70.5 Å². The second-order valence-corrected chi connectivity index (χ2v) is 5.68. The monoisotopic (exact) mass is 210 g/mol.